The molecular weight excluding hydrogens is 599 g/mol. The van der Waals surface area contributed by atoms with Crippen molar-refractivity contribution in [1.82, 2.24) is 19.0 Å². The number of aromatic amines is 1. The second-order valence-electron chi connectivity index (χ2n) is 12.8. The van der Waals surface area contributed by atoms with Crippen molar-refractivity contribution in [2.24, 2.45) is 5.73 Å². The van der Waals surface area contributed by atoms with Crippen molar-refractivity contribution in [2.45, 2.75) is 31.3 Å². The van der Waals surface area contributed by atoms with Gasteiger partial charge in [-0.15, -0.1) is 0 Å². The third kappa shape index (κ3) is 4.22. The number of rotatable bonds is 3. The SMILES string of the molecule is NC1CCN(c2c(F)cc3c(=O)c(C(=O)N4CCC(n5c(=O)[nH]c6ccccc65)CC4)cn4c3c2Oc2cc3ccccc3cc2-4)C1. The second-order valence-corrected chi connectivity index (χ2v) is 12.8. The maximum Gasteiger partial charge on any atom is 0.326 e. The Morgan fingerprint density at radius 2 is 1.68 bits per heavy atom. The molecule has 2 fully saturated rings. The largest absolute Gasteiger partial charge is 0.451 e. The number of aromatic nitrogens is 3. The molecular formula is C36H31FN6O4. The number of piperidine rings is 1. The highest BCUT2D eigenvalue weighted by molar-refractivity contribution is 6.02. The van der Waals surface area contributed by atoms with Crippen LogP contribution in [0.2, 0.25) is 0 Å². The molecule has 1 amide bonds. The van der Waals surface area contributed by atoms with Crippen LogP contribution < -0.4 is 26.5 Å². The molecule has 3 aliphatic heterocycles. The fourth-order valence-electron chi connectivity index (χ4n) is 7.66. The number of benzene rings is 4. The lowest BCUT2D eigenvalue weighted by Crippen LogP contribution is -2.42. The van der Waals surface area contributed by atoms with Crippen LogP contribution in [-0.4, -0.2) is 57.1 Å². The molecule has 236 valence electrons. The van der Waals surface area contributed by atoms with Gasteiger partial charge in [-0.25, -0.2) is 9.18 Å². The number of halogens is 1. The van der Waals surface area contributed by atoms with Crippen LogP contribution in [0.3, 0.4) is 0 Å². The highest BCUT2D eigenvalue weighted by Crippen LogP contribution is 2.48. The molecule has 0 radical (unpaired) electrons. The highest BCUT2D eigenvalue weighted by atomic mass is 19.1. The van der Waals surface area contributed by atoms with Gasteiger partial charge in [0.2, 0.25) is 5.43 Å². The molecule has 3 aliphatic rings. The van der Waals surface area contributed by atoms with E-state index in [1.807, 2.05) is 70.1 Å². The zero-order valence-corrected chi connectivity index (χ0v) is 25.4. The molecule has 0 aliphatic carbocycles. The lowest BCUT2D eigenvalue weighted by atomic mass is 10.0. The molecule has 47 heavy (non-hydrogen) atoms. The molecule has 2 saturated heterocycles. The Hall–Kier alpha value is -5.42. The van der Waals surface area contributed by atoms with Crippen molar-refractivity contribution in [3.63, 3.8) is 0 Å². The van der Waals surface area contributed by atoms with Crippen LogP contribution in [0.1, 0.15) is 35.7 Å². The normalized spacial score (nSPS) is 17.9. The topological polar surface area (TPSA) is 119 Å². The van der Waals surface area contributed by atoms with Crippen LogP contribution in [0, 0.1) is 5.82 Å². The van der Waals surface area contributed by atoms with Crippen molar-refractivity contribution >= 4 is 44.3 Å². The summed E-state index contributed by atoms with van der Waals surface area (Å²) in [6, 6.07) is 20.3. The van der Waals surface area contributed by atoms with Crippen molar-refractivity contribution < 1.29 is 13.9 Å². The lowest BCUT2D eigenvalue weighted by Gasteiger charge is -2.33. The summed E-state index contributed by atoms with van der Waals surface area (Å²) >= 11 is 0. The molecule has 1 unspecified atom stereocenters. The Balaban J connectivity index is 1.15. The second kappa shape index (κ2) is 10.3. The number of pyridine rings is 1. The van der Waals surface area contributed by atoms with Gasteiger partial charge in [-0.2, -0.15) is 0 Å². The number of ether oxygens (including phenoxy) is 1. The van der Waals surface area contributed by atoms with Crippen LogP contribution in [0.4, 0.5) is 10.1 Å². The third-order valence-corrected chi connectivity index (χ3v) is 9.98. The Morgan fingerprint density at radius 1 is 0.936 bits per heavy atom. The minimum atomic E-state index is -0.593. The first-order valence-electron chi connectivity index (χ1n) is 16.0. The van der Waals surface area contributed by atoms with Gasteiger partial charge in [0, 0.05) is 44.5 Å². The van der Waals surface area contributed by atoms with E-state index in [-0.39, 0.29) is 40.2 Å². The van der Waals surface area contributed by atoms with Crippen molar-refractivity contribution in [1.29, 1.82) is 0 Å². The zero-order valence-electron chi connectivity index (χ0n) is 25.4. The molecule has 3 N–H and O–H groups in total. The number of anilines is 1. The molecule has 11 heteroatoms. The van der Waals surface area contributed by atoms with Crippen LogP contribution in [0.5, 0.6) is 11.5 Å². The van der Waals surface area contributed by atoms with Gasteiger partial charge < -0.3 is 29.8 Å². The first-order chi connectivity index (χ1) is 22.9. The Bertz CT molecular complexity index is 2400. The summed E-state index contributed by atoms with van der Waals surface area (Å²) < 4.78 is 26.1. The van der Waals surface area contributed by atoms with Gasteiger partial charge in [-0.1, -0.05) is 36.4 Å². The van der Waals surface area contributed by atoms with Crippen LogP contribution in [0.25, 0.3) is 38.4 Å². The molecule has 0 spiro atoms. The summed E-state index contributed by atoms with van der Waals surface area (Å²) in [5.41, 5.74) is 8.38. The average Bonchev–Trinajstić information content (AvgIpc) is 3.66. The Kier molecular flexibility index (Phi) is 6.10. The standard InChI is InChI=1S/C36H31FN6O4/c37-26-17-24-31-34(32(26)41-12-9-22(38)18-41)47-30-16-21-6-2-1-5-20(21)15-29(30)42(31)19-25(33(24)44)35(45)40-13-10-23(11-14-40)43-28-8-4-3-7-27(28)39-36(43)46/h1-8,15-17,19,22-23H,9-14,18,38H2,(H,39,46). The minimum Gasteiger partial charge on any atom is -0.451 e. The monoisotopic (exact) mass is 630 g/mol. The number of carbonyl (C=O) groups is 1. The van der Waals surface area contributed by atoms with Gasteiger partial charge in [0.15, 0.2) is 17.3 Å². The molecule has 6 aromatic rings. The van der Waals surface area contributed by atoms with E-state index in [9.17, 15) is 14.4 Å². The van der Waals surface area contributed by atoms with Crippen molar-refractivity contribution in [3.05, 3.63) is 105 Å². The smallest absolute Gasteiger partial charge is 0.326 e. The van der Waals surface area contributed by atoms with Crippen LogP contribution >= 0.6 is 0 Å². The molecule has 1 atom stereocenters. The molecule has 0 bridgehead atoms. The average molecular weight is 631 g/mol. The number of nitrogens with zero attached hydrogens (tertiary/aromatic N) is 4. The molecule has 9 rings (SSSR count). The quantitative estimate of drug-likeness (QED) is 0.282. The van der Waals surface area contributed by atoms with Crippen molar-refractivity contribution in [2.75, 3.05) is 31.1 Å². The Morgan fingerprint density at radius 3 is 2.45 bits per heavy atom. The van der Waals surface area contributed by atoms with Gasteiger partial charge in [0.25, 0.3) is 5.91 Å². The number of nitrogens with one attached hydrogen (secondary N) is 1. The molecule has 2 aromatic heterocycles. The predicted molar refractivity (Wildman–Crippen MR) is 179 cm³/mol. The fourth-order valence-corrected chi connectivity index (χ4v) is 7.66. The molecule has 4 aromatic carbocycles. The number of imidazole rings is 1. The number of H-pyrrole nitrogens is 1. The minimum absolute atomic E-state index is 0.0393. The first kappa shape index (κ1) is 27.9. The number of nitrogens with two attached hydrogens (primary N) is 1. The number of hydrogen-bond donors (Lipinski definition) is 2. The van der Waals surface area contributed by atoms with E-state index in [2.05, 4.69) is 4.98 Å². The number of para-hydroxylation sites is 2. The van der Waals surface area contributed by atoms with Gasteiger partial charge >= 0.3 is 5.69 Å². The van der Waals surface area contributed by atoms with E-state index in [0.717, 1.165) is 21.8 Å². The van der Waals surface area contributed by atoms with Crippen LogP contribution in [0.15, 0.2) is 82.5 Å². The first-order valence-corrected chi connectivity index (χ1v) is 16.0. The van der Waals surface area contributed by atoms with E-state index in [4.69, 9.17) is 10.5 Å². The summed E-state index contributed by atoms with van der Waals surface area (Å²) in [5.74, 6) is -0.266. The number of fused-ring (bicyclic) bond motifs is 4. The summed E-state index contributed by atoms with van der Waals surface area (Å²) in [7, 11) is 0. The summed E-state index contributed by atoms with van der Waals surface area (Å²) in [6.07, 6.45) is 3.40. The number of hydrogen-bond acceptors (Lipinski definition) is 6. The van der Waals surface area contributed by atoms with Gasteiger partial charge in [-0.05, 0) is 60.4 Å². The van der Waals surface area contributed by atoms with Crippen LogP contribution in [-0.2, 0) is 0 Å². The Labute approximate surface area is 267 Å². The van der Waals surface area contributed by atoms with E-state index >= 15 is 4.39 Å². The van der Waals surface area contributed by atoms with E-state index in [0.29, 0.717) is 62.4 Å². The van der Waals surface area contributed by atoms with E-state index in [1.165, 1.54) is 6.07 Å². The number of amides is 1. The number of likely N-dealkylation sites (tertiary alicyclic amines) is 1. The number of carbonyl (C=O) groups excluding carboxylic acids is 1. The summed E-state index contributed by atoms with van der Waals surface area (Å²) in [4.78, 5) is 47.5. The van der Waals surface area contributed by atoms with Gasteiger partial charge in [0.05, 0.1) is 22.1 Å². The van der Waals surface area contributed by atoms with Gasteiger partial charge in [-0.3, -0.25) is 14.2 Å². The van der Waals surface area contributed by atoms with E-state index < -0.39 is 17.2 Å². The molecule has 10 nitrogen and oxygen atoms in total. The van der Waals surface area contributed by atoms with E-state index in [1.54, 1.807) is 15.7 Å². The molecule has 5 heterocycles. The maximum atomic E-state index is 16.1. The zero-order chi connectivity index (χ0) is 32.0. The van der Waals surface area contributed by atoms with Gasteiger partial charge in [0.1, 0.15) is 16.8 Å². The summed E-state index contributed by atoms with van der Waals surface area (Å²) in [6.45, 7) is 1.76. The van der Waals surface area contributed by atoms with Crippen molar-refractivity contribution in [3.8, 4) is 17.2 Å². The fraction of sp³-hybridized carbons (Fsp3) is 0.250. The highest BCUT2D eigenvalue weighted by Gasteiger charge is 2.34. The summed E-state index contributed by atoms with van der Waals surface area (Å²) in [5, 5.41) is 1.98. The maximum absolute atomic E-state index is 16.1. The lowest BCUT2D eigenvalue weighted by molar-refractivity contribution is 0.0693. The molecule has 0 saturated carbocycles. The third-order valence-electron chi connectivity index (χ3n) is 9.98. The predicted octanol–water partition coefficient (Wildman–Crippen LogP) is 5.05.